The summed E-state index contributed by atoms with van der Waals surface area (Å²) < 4.78 is 1.79. The maximum absolute atomic E-state index is 10.8. The number of imidazole rings is 1. The highest BCUT2D eigenvalue weighted by atomic mass is 35.5. The summed E-state index contributed by atoms with van der Waals surface area (Å²) in [6.45, 7) is 0. The van der Waals surface area contributed by atoms with Gasteiger partial charge < -0.3 is 9.90 Å². The number of fused-ring (bicyclic) bond motifs is 1. The van der Waals surface area contributed by atoms with E-state index in [0.717, 1.165) is 4.96 Å². The minimum atomic E-state index is -1.29. The molecule has 2 aromatic heterocycles. The Morgan fingerprint density at radius 2 is 2.27 bits per heavy atom. The average Bonchev–Trinajstić information content (AvgIpc) is 3.03. The molecule has 0 amide bonds. The summed E-state index contributed by atoms with van der Waals surface area (Å²) in [6, 6.07) is 4.15. The van der Waals surface area contributed by atoms with E-state index in [9.17, 15) is 9.90 Å². The lowest BCUT2D eigenvalue weighted by atomic mass is 10.2. The van der Waals surface area contributed by atoms with Crippen LogP contribution in [-0.2, 0) is 0 Å². The number of halogens is 2. The number of aromatic nitrogens is 2. The Morgan fingerprint density at radius 3 is 3.05 bits per heavy atom. The molecule has 0 fully saturated rings. The number of anilines is 1. The van der Waals surface area contributed by atoms with Gasteiger partial charge in [0.2, 0.25) is 0 Å². The highest BCUT2D eigenvalue weighted by Crippen LogP contribution is 2.23. The van der Waals surface area contributed by atoms with Crippen molar-refractivity contribution in [1.82, 2.24) is 9.38 Å². The van der Waals surface area contributed by atoms with E-state index in [1.165, 1.54) is 35.8 Å². The standard InChI is InChI=1S/C13H8Cl2N4O2S/c14-8-2-1-7(12(20)21)5-9(8)18-16-6-10-11(15)17-13-19(10)3-4-22-13/h1-6,18H,(H,20,21)/p-1/b16-6-. The van der Waals surface area contributed by atoms with E-state index in [2.05, 4.69) is 15.5 Å². The smallest absolute Gasteiger partial charge is 0.195 e. The van der Waals surface area contributed by atoms with Gasteiger partial charge in [-0.1, -0.05) is 29.3 Å². The summed E-state index contributed by atoms with van der Waals surface area (Å²) >= 11 is 13.5. The Balaban J connectivity index is 1.85. The van der Waals surface area contributed by atoms with Crippen LogP contribution >= 0.6 is 34.5 Å². The van der Waals surface area contributed by atoms with Crippen molar-refractivity contribution in [1.29, 1.82) is 0 Å². The average molecular weight is 354 g/mol. The van der Waals surface area contributed by atoms with Gasteiger partial charge in [0.1, 0.15) is 5.69 Å². The van der Waals surface area contributed by atoms with Gasteiger partial charge in [-0.15, -0.1) is 11.3 Å². The van der Waals surface area contributed by atoms with Gasteiger partial charge in [-0.3, -0.25) is 9.83 Å². The topological polar surface area (TPSA) is 81.8 Å². The molecule has 6 nitrogen and oxygen atoms in total. The third-order valence-corrected chi connectivity index (χ3v) is 4.19. The number of benzene rings is 1. The van der Waals surface area contributed by atoms with Gasteiger partial charge in [0.05, 0.1) is 22.9 Å². The van der Waals surface area contributed by atoms with Gasteiger partial charge >= 0.3 is 0 Å². The predicted molar refractivity (Wildman–Crippen MR) is 85.1 cm³/mol. The summed E-state index contributed by atoms with van der Waals surface area (Å²) in [5.41, 5.74) is 3.64. The van der Waals surface area contributed by atoms with Crippen LogP contribution in [0.5, 0.6) is 0 Å². The van der Waals surface area contributed by atoms with Crippen LogP contribution in [0.1, 0.15) is 16.1 Å². The Bertz CT molecular complexity index is 887. The summed E-state index contributed by atoms with van der Waals surface area (Å²) in [7, 11) is 0. The maximum atomic E-state index is 10.8. The molecule has 1 N–H and O–H groups in total. The van der Waals surface area contributed by atoms with E-state index >= 15 is 0 Å². The molecule has 0 radical (unpaired) electrons. The van der Waals surface area contributed by atoms with E-state index < -0.39 is 5.97 Å². The molecule has 2 heterocycles. The number of nitrogens with one attached hydrogen (secondary N) is 1. The molecule has 3 rings (SSSR count). The van der Waals surface area contributed by atoms with Crippen molar-refractivity contribution < 1.29 is 9.90 Å². The monoisotopic (exact) mass is 353 g/mol. The molecule has 0 unspecified atom stereocenters. The molecule has 0 spiro atoms. The van der Waals surface area contributed by atoms with Crippen molar-refractivity contribution in [3.63, 3.8) is 0 Å². The van der Waals surface area contributed by atoms with E-state index in [1.807, 2.05) is 11.6 Å². The van der Waals surface area contributed by atoms with Crippen molar-refractivity contribution in [2.75, 3.05) is 5.43 Å². The minimum absolute atomic E-state index is 0.00436. The zero-order valence-corrected chi connectivity index (χ0v) is 13.1. The molecule has 0 saturated carbocycles. The fraction of sp³-hybridized carbons (Fsp3) is 0. The van der Waals surface area contributed by atoms with Gasteiger partial charge in [0.15, 0.2) is 10.1 Å². The second kappa shape index (κ2) is 5.96. The first-order chi connectivity index (χ1) is 10.6. The molecule has 112 valence electrons. The second-order valence-electron chi connectivity index (χ2n) is 4.20. The van der Waals surface area contributed by atoms with E-state index in [1.54, 1.807) is 4.40 Å². The van der Waals surface area contributed by atoms with Crippen LogP contribution in [0.15, 0.2) is 34.9 Å². The second-order valence-corrected chi connectivity index (χ2v) is 5.83. The zero-order valence-electron chi connectivity index (χ0n) is 10.8. The van der Waals surface area contributed by atoms with Crippen LogP contribution in [0.2, 0.25) is 10.2 Å². The number of carbonyl (C=O) groups excluding carboxylic acids is 1. The van der Waals surface area contributed by atoms with E-state index in [0.29, 0.717) is 21.6 Å². The lowest BCUT2D eigenvalue weighted by molar-refractivity contribution is -0.255. The molecule has 0 saturated heterocycles. The van der Waals surface area contributed by atoms with Crippen LogP contribution in [0.3, 0.4) is 0 Å². The molecular weight excluding hydrogens is 347 g/mol. The third-order valence-electron chi connectivity index (χ3n) is 2.83. The number of aromatic carboxylic acids is 1. The SMILES string of the molecule is O=C([O-])c1ccc(Cl)c(N/N=C\c2c(Cl)nc3sccn23)c1. The largest absolute Gasteiger partial charge is 0.545 e. The first kappa shape index (κ1) is 14.8. The van der Waals surface area contributed by atoms with Crippen molar-refractivity contribution in [3.05, 3.63) is 51.2 Å². The highest BCUT2D eigenvalue weighted by Gasteiger charge is 2.09. The number of nitrogens with zero attached hydrogens (tertiary/aromatic N) is 3. The van der Waals surface area contributed by atoms with Crippen LogP contribution in [0.25, 0.3) is 4.96 Å². The van der Waals surface area contributed by atoms with Crippen LogP contribution in [0, 0.1) is 0 Å². The van der Waals surface area contributed by atoms with E-state index in [-0.39, 0.29) is 5.56 Å². The molecule has 3 aromatic rings. The molecule has 0 aliphatic carbocycles. The summed E-state index contributed by atoms with van der Waals surface area (Å²) in [5, 5.41) is 17.4. The van der Waals surface area contributed by atoms with Gasteiger partial charge in [-0.25, -0.2) is 4.98 Å². The fourth-order valence-electron chi connectivity index (χ4n) is 1.79. The maximum Gasteiger partial charge on any atom is 0.195 e. The first-order valence-corrected chi connectivity index (χ1v) is 7.61. The summed E-state index contributed by atoms with van der Waals surface area (Å²) in [6.07, 6.45) is 3.31. The minimum Gasteiger partial charge on any atom is -0.545 e. The number of carboxylic acid groups (broad SMARTS) is 1. The first-order valence-electron chi connectivity index (χ1n) is 5.97. The predicted octanol–water partition coefficient (Wildman–Crippen LogP) is 2.51. The van der Waals surface area contributed by atoms with Crippen molar-refractivity contribution >= 4 is 57.4 Å². The normalized spacial score (nSPS) is 11.4. The Hall–Kier alpha value is -2.09. The lowest BCUT2D eigenvalue weighted by Gasteiger charge is -2.07. The van der Waals surface area contributed by atoms with Gasteiger partial charge in [-0.2, -0.15) is 5.10 Å². The third kappa shape index (κ3) is 2.78. The number of carbonyl (C=O) groups is 1. The molecule has 0 aliphatic heterocycles. The van der Waals surface area contributed by atoms with E-state index in [4.69, 9.17) is 23.2 Å². The Kier molecular flexibility index (Phi) is 4.02. The number of thiazole rings is 1. The summed E-state index contributed by atoms with van der Waals surface area (Å²) in [4.78, 5) is 15.8. The van der Waals surface area contributed by atoms with Gasteiger partial charge in [0.25, 0.3) is 0 Å². The van der Waals surface area contributed by atoms with Gasteiger partial charge in [0, 0.05) is 11.6 Å². The molecule has 0 bridgehead atoms. The zero-order chi connectivity index (χ0) is 15.7. The number of rotatable bonds is 4. The van der Waals surface area contributed by atoms with Crippen molar-refractivity contribution in [2.45, 2.75) is 0 Å². The molecule has 0 aliphatic rings. The number of hydrazone groups is 1. The van der Waals surface area contributed by atoms with Crippen LogP contribution in [0.4, 0.5) is 5.69 Å². The number of carboxylic acids is 1. The lowest BCUT2D eigenvalue weighted by Crippen LogP contribution is -2.22. The molecule has 9 heteroatoms. The summed E-state index contributed by atoms with van der Waals surface area (Å²) in [5.74, 6) is -1.29. The fourth-order valence-corrected chi connectivity index (χ4v) is 2.94. The molecule has 0 atom stereocenters. The number of hydrogen-bond donors (Lipinski definition) is 1. The quantitative estimate of drug-likeness (QED) is 0.577. The van der Waals surface area contributed by atoms with Gasteiger partial charge in [-0.05, 0) is 17.7 Å². The molecular formula is C13H7Cl2N4O2S-. The molecule has 22 heavy (non-hydrogen) atoms. The number of hydrogen-bond acceptors (Lipinski definition) is 6. The van der Waals surface area contributed by atoms with Crippen LogP contribution < -0.4 is 10.5 Å². The Morgan fingerprint density at radius 1 is 1.45 bits per heavy atom. The highest BCUT2D eigenvalue weighted by molar-refractivity contribution is 7.15. The van der Waals surface area contributed by atoms with Crippen LogP contribution in [-0.4, -0.2) is 21.6 Å². The Labute approximate surface area is 138 Å². The van der Waals surface area contributed by atoms with Crippen molar-refractivity contribution in [2.24, 2.45) is 5.10 Å². The molecule has 1 aromatic carbocycles. The van der Waals surface area contributed by atoms with Crippen molar-refractivity contribution in [3.8, 4) is 0 Å².